The second kappa shape index (κ2) is 4.68. The quantitative estimate of drug-likeness (QED) is 0.759. The van der Waals surface area contributed by atoms with Gasteiger partial charge in [0.2, 0.25) is 0 Å². The lowest BCUT2D eigenvalue weighted by Crippen LogP contribution is -2.14. The Labute approximate surface area is 103 Å². The fraction of sp³-hybridized carbons (Fsp3) is 0.154. The number of benzene rings is 1. The SMILES string of the molecule is Cc1cccc(N(C)c2nc(F)c(F)cc2F)c1. The standard InChI is InChI=1S/C13H11F3N2/c1-8-4-3-5-9(6-8)18(2)13-11(15)7-10(14)12(16)17-13/h3-7H,1-2H3. The van der Waals surface area contributed by atoms with Crippen molar-refractivity contribution < 1.29 is 13.2 Å². The van der Waals surface area contributed by atoms with Crippen molar-refractivity contribution in [2.24, 2.45) is 0 Å². The van der Waals surface area contributed by atoms with E-state index in [1.54, 1.807) is 18.2 Å². The molecule has 2 rings (SSSR count). The Hall–Kier alpha value is -2.04. The number of hydrogen-bond acceptors (Lipinski definition) is 2. The zero-order chi connectivity index (χ0) is 13.3. The summed E-state index contributed by atoms with van der Waals surface area (Å²) >= 11 is 0. The Balaban J connectivity index is 2.46. The summed E-state index contributed by atoms with van der Waals surface area (Å²) in [6.45, 7) is 1.88. The largest absolute Gasteiger partial charge is 0.327 e. The van der Waals surface area contributed by atoms with Gasteiger partial charge in [0.15, 0.2) is 17.5 Å². The highest BCUT2D eigenvalue weighted by molar-refractivity contribution is 5.60. The van der Waals surface area contributed by atoms with Crippen LogP contribution in [0.1, 0.15) is 5.56 Å². The highest BCUT2D eigenvalue weighted by atomic mass is 19.2. The van der Waals surface area contributed by atoms with Gasteiger partial charge in [0.25, 0.3) is 5.95 Å². The summed E-state index contributed by atoms with van der Waals surface area (Å²) in [5.41, 5.74) is 1.62. The average molecular weight is 252 g/mol. The van der Waals surface area contributed by atoms with E-state index < -0.39 is 17.6 Å². The van der Waals surface area contributed by atoms with E-state index in [-0.39, 0.29) is 5.82 Å². The minimum Gasteiger partial charge on any atom is -0.327 e. The number of aryl methyl sites for hydroxylation is 1. The molecule has 0 aliphatic heterocycles. The highest BCUT2D eigenvalue weighted by Gasteiger charge is 2.16. The van der Waals surface area contributed by atoms with Gasteiger partial charge < -0.3 is 4.90 Å². The van der Waals surface area contributed by atoms with Crippen LogP contribution >= 0.6 is 0 Å². The molecule has 0 unspecified atom stereocenters. The molecule has 0 aliphatic carbocycles. The van der Waals surface area contributed by atoms with E-state index >= 15 is 0 Å². The summed E-state index contributed by atoms with van der Waals surface area (Å²) in [4.78, 5) is 4.65. The molecule has 0 atom stereocenters. The molecule has 0 N–H and O–H groups in total. The molecule has 0 aliphatic rings. The van der Waals surface area contributed by atoms with Gasteiger partial charge in [-0.2, -0.15) is 9.37 Å². The van der Waals surface area contributed by atoms with E-state index in [0.29, 0.717) is 11.8 Å². The predicted octanol–water partition coefficient (Wildman–Crippen LogP) is 3.58. The molecule has 18 heavy (non-hydrogen) atoms. The number of halogens is 3. The van der Waals surface area contributed by atoms with Crippen LogP contribution in [0.15, 0.2) is 30.3 Å². The van der Waals surface area contributed by atoms with Crippen molar-refractivity contribution in [3.8, 4) is 0 Å². The zero-order valence-corrected chi connectivity index (χ0v) is 9.92. The van der Waals surface area contributed by atoms with Crippen molar-refractivity contribution >= 4 is 11.5 Å². The summed E-state index contributed by atoms with van der Waals surface area (Å²) in [6.07, 6.45) is 0. The van der Waals surface area contributed by atoms with Gasteiger partial charge in [0.05, 0.1) is 0 Å². The van der Waals surface area contributed by atoms with Crippen molar-refractivity contribution in [2.75, 3.05) is 11.9 Å². The molecule has 1 aromatic carbocycles. The van der Waals surface area contributed by atoms with Crippen molar-refractivity contribution in [2.45, 2.75) is 6.92 Å². The molecule has 5 heteroatoms. The van der Waals surface area contributed by atoms with Crippen LogP contribution in [-0.4, -0.2) is 12.0 Å². The number of hydrogen-bond donors (Lipinski definition) is 0. The summed E-state index contributed by atoms with van der Waals surface area (Å²) < 4.78 is 39.4. The van der Waals surface area contributed by atoms with Gasteiger partial charge >= 0.3 is 0 Å². The normalized spacial score (nSPS) is 10.5. The number of nitrogens with zero attached hydrogens (tertiary/aromatic N) is 2. The summed E-state index contributed by atoms with van der Waals surface area (Å²) in [5.74, 6) is -3.77. The minimum absolute atomic E-state index is 0.250. The molecule has 2 nitrogen and oxygen atoms in total. The average Bonchev–Trinajstić information content (AvgIpc) is 2.33. The zero-order valence-electron chi connectivity index (χ0n) is 9.92. The number of pyridine rings is 1. The second-order valence-corrected chi connectivity index (χ2v) is 3.96. The molecule has 0 fully saturated rings. The van der Waals surface area contributed by atoms with Crippen molar-refractivity contribution in [3.63, 3.8) is 0 Å². The maximum absolute atomic E-state index is 13.6. The lowest BCUT2D eigenvalue weighted by atomic mass is 10.2. The van der Waals surface area contributed by atoms with Gasteiger partial charge in [-0.1, -0.05) is 12.1 Å². The van der Waals surface area contributed by atoms with Crippen molar-refractivity contribution in [1.29, 1.82) is 0 Å². The highest BCUT2D eigenvalue weighted by Crippen LogP contribution is 2.25. The molecule has 0 radical (unpaired) electrons. The molecular formula is C13H11F3N2. The molecule has 0 saturated heterocycles. The first-order valence-electron chi connectivity index (χ1n) is 5.31. The molecular weight excluding hydrogens is 241 g/mol. The third-order valence-electron chi connectivity index (χ3n) is 2.57. The Morgan fingerprint density at radius 3 is 2.44 bits per heavy atom. The first kappa shape index (κ1) is 12.4. The molecule has 2 aromatic rings. The Morgan fingerprint density at radius 2 is 1.78 bits per heavy atom. The van der Waals surface area contributed by atoms with E-state index in [1.165, 1.54) is 11.9 Å². The van der Waals surface area contributed by atoms with Gasteiger partial charge in [0, 0.05) is 18.8 Å². The first-order chi connectivity index (χ1) is 8.49. The van der Waals surface area contributed by atoms with E-state index in [4.69, 9.17) is 0 Å². The van der Waals surface area contributed by atoms with Gasteiger partial charge in [-0.15, -0.1) is 0 Å². The molecule has 94 valence electrons. The molecule has 1 heterocycles. The minimum atomic E-state index is -1.31. The van der Waals surface area contributed by atoms with Crippen molar-refractivity contribution in [3.05, 3.63) is 53.5 Å². The van der Waals surface area contributed by atoms with Crippen LogP contribution in [0.25, 0.3) is 0 Å². The lowest BCUT2D eigenvalue weighted by molar-refractivity contribution is 0.465. The molecule has 0 amide bonds. The van der Waals surface area contributed by atoms with E-state index in [1.807, 2.05) is 13.0 Å². The third kappa shape index (κ3) is 2.30. The van der Waals surface area contributed by atoms with Crippen molar-refractivity contribution in [1.82, 2.24) is 4.98 Å². The van der Waals surface area contributed by atoms with E-state index in [0.717, 1.165) is 5.56 Å². The Bertz CT molecular complexity index is 584. The van der Waals surface area contributed by atoms with Crippen LogP contribution in [0.4, 0.5) is 24.7 Å². The maximum atomic E-state index is 13.6. The third-order valence-corrected chi connectivity index (χ3v) is 2.57. The number of anilines is 2. The van der Waals surface area contributed by atoms with Gasteiger partial charge in [-0.3, -0.25) is 0 Å². The molecule has 0 bridgehead atoms. The Kier molecular flexibility index (Phi) is 3.23. The maximum Gasteiger partial charge on any atom is 0.251 e. The van der Waals surface area contributed by atoms with Gasteiger partial charge in [-0.05, 0) is 24.6 Å². The van der Waals surface area contributed by atoms with E-state index in [9.17, 15) is 13.2 Å². The smallest absolute Gasteiger partial charge is 0.251 e. The predicted molar refractivity (Wildman–Crippen MR) is 63.4 cm³/mol. The van der Waals surface area contributed by atoms with E-state index in [2.05, 4.69) is 4.98 Å². The fourth-order valence-corrected chi connectivity index (χ4v) is 1.63. The van der Waals surface area contributed by atoms with Crippen LogP contribution < -0.4 is 4.90 Å². The summed E-state index contributed by atoms with van der Waals surface area (Å²) in [5, 5.41) is 0. The Morgan fingerprint density at radius 1 is 1.06 bits per heavy atom. The van der Waals surface area contributed by atoms with Crippen LogP contribution in [-0.2, 0) is 0 Å². The van der Waals surface area contributed by atoms with Crippen LogP contribution in [0.5, 0.6) is 0 Å². The van der Waals surface area contributed by atoms with Gasteiger partial charge in [-0.25, -0.2) is 8.78 Å². The van der Waals surface area contributed by atoms with Crippen LogP contribution in [0, 0.1) is 24.5 Å². The topological polar surface area (TPSA) is 16.1 Å². The molecule has 1 aromatic heterocycles. The summed E-state index contributed by atoms with van der Waals surface area (Å²) in [6, 6.07) is 7.69. The van der Waals surface area contributed by atoms with Gasteiger partial charge in [0.1, 0.15) is 0 Å². The first-order valence-corrected chi connectivity index (χ1v) is 5.31. The monoisotopic (exact) mass is 252 g/mol. The second-order valence-electron chi connectivity index (χ2n) is 3.96. The van der Waals surface area contributed by atoms with Crippen LogP contribution in [0.3, 0.4) is 0 Å². The lowest BCUT2D eigenvalue weighted by Gasteiger charge is -2.19. The molecule has 0 spiro atoms. The fourth-order valence-electron chi connectivity index (χ4n) is 1.63. The molecule has 0 saturated carbocycles. The van der Waals surface area contributed by atoms with Crippen LogP contribution in [0.2, 0.25) is 0 Å². The summed E-state index contributed by atoms with van der Waals surface area (Å²) in [7, 11) is 1.54. The number of rotatable bonds is 2. The number of aromatic nitrogens is 1.